The number of ether oxygens (including phenoxy) is 1. The lowest BCUT2D eigenvalue weighted by atomic mass is 9.96. The van der Waals surface area contributed by atoms with Crippen molar-refractivity contribution in [2.24, 2.45) is 0 Å². The van der Waals surface area contributed by atoms with Gasteiger partial charge < -0.3 is 19.2 Å². The summed E-state index contributed by atoms with van der Waals surface area (Å²) in [5.41, 5.74) is 3.11. The molecule has 0 saturated heterocycles. The van der Waals surface area contributed by atoms with Crippen LogP contribution in [0, 0.1) is 13.8 Å². The van der Waals surface area contributed by atoms with Gasteiger partial charge in [0.2, 0.25) is 5.76 Å². The number of rotatable bonds is 6. The van der Waals surface area contributed by atoms with Crippen molar-refractivity contribution in [3.05, 3.63) is 68.6 Å². The van der Waals surface area contributed by atoms with Crippen molar-refractivity contribution >= 4 is 16.9 Å². The molecule has 2 aromatic carbocycles. The van der Waals surface area contributed by atoms with E-state index >= 15 is 0 Å². The molecule has 4 rings (SSSR count). The first kappa shape index (κ1) is 21.0. The number of aromatic hydroxyl groups is 1. The number of benzene rings is 2. The molecule has 6 nitrogen and oxygen atoms in total. The van der Waals surface area contributed by atoms with Crippen LogP contribution in [0.3, 0.4) is 0 Å². The molecule has 1 N–H and O–H groups in total. The van der Waals surface area contributed by atoms with Crippen molar-refractivity contribution in [3.8, 4) is 11.5 Å². The van der Waals surface area contributed by atoms with Gasteiger partial charge in [-0.1, -0.05) is 31.9 Å². The number of nitrogens with zero attached hydrogens (tertiary/aromatic N) is 1. The maximum atomic E-state index is 13.7. The van der Waals surface area contributed by atoms with Crippen molar-refractivity contribution in [2.75, 3.05) is 13.7 Å². The molecule has 1 atom stereocenters. The normalized spacial score (nSPS) is 15.5. The molecule has 1 unspecified atom stereocenters. The molecule has 1 aliphatic heterocycles. The first-order valence-corrected chi connectivity index (χ1v) is 10.6. The molecule has 0 aliphatic carbocycles. The van der Waals surface area contributed by atoms with Crippen molar-refractivity contribution in [2.45, 2.75) is 46.1 Å². The second kappa shape index (κ2) is 8.10. The molecular formula is C25H27NO5. The third-order valence-corrected chi connectivity index (χ3v) is 5.93. The van der Waals surface area contributed by atoms with Gasteiger partial charge in [0.05, 0.1) is 24.1 Å². The number of amides is 1. The minimum Gasteiger partial charge on any atom is -0.504 e. The number of hydrogen-bond donors (Lipinski definition) is 1. The third-order valence-electron chi connectivity index (χ3n) is 5.93. The van der Waals surface area contributed by atoms with E-state index in [9.17, 15) is 14.7 Å². The Hall–Kier alpha value is -3.28. The van der Waals surface area contributed by atoms with Gasteiger partial charge in [0.15, 0.2) is 16.9 Å². The smallest absolute Gasteiger partial charge is 0.290 e. The average molecular weight is 421 g/mol. The van der Waals surface area contributed by atoms with Crippen LogP contribution >= 0.6 is 0 Å². The summed E-state index contributed by atoms with van der Waals surface area (Å²) in [6.45, 7) is 6.43. The molecule has 6 heteroatoms. The van der Waals surface area contributed by atoms with E-state index in [1.165, 1.54) is 13.2 Å². The van der Waals surface area contributed by atoms with Crippen LogP contribution < -0.4 is 10.2 Å². The van der Waals surface area contributed by atoms with Crippen LogP contribution in [0.4, 0.5) is 0 Å². The molecule has 1 aliphatic rings. The molecule has 0 saturated carbocycles. The van der Waals surface area contributed by atoms with E-state index < -0.39 is 6.04 Å². The molecule has 2 heterocycles. The van der Waals surface area contributed by atoms with E-state index in [-0.39, 0.29) is 22.8 Å². The highest BCUT2D eigenvalue weighted by molar-refractivity contribution is 5.99. The zero-order valence-electron chi connectivity index (χ0n) is 18.3. The minimum atomic E-state index is -0.588. The lowest BCUT2D eigenvalue weighted by Gasteiger charge is -2.25. The largest absolute Gasteiger partial charge is 0.504 e. The number of phenols is 1. The summed E-state index contributed by atoms with van der Waals surface area (Å²) in [4.78, 5) is 28.7. The fraction of sp³-hybridized carbons (Fsp3) is 0.360. The van der Waals surface area contributed by atoms with Crippen LogP contribution in [0.15, 0.2) is 39.5 Å². The SMILES string of the molecule is CCCCCN1C(=O)c2oc3cc(C)cc(C)c3c(=O)c2C1c1ccc(O)c(OC)c1. The summed E-state index contributed by atoms with van der Waals surface area (Å²) in [6, 6.07) is 8.09. The quantitative estimate of drug-likeness (QED) is 0.575. The highest BCUT2D eigenvalue weighted by atomic mass is 16.5. The summed E-state index contributed by atoms with van der Waals surface area (Å²) in [5.74, 6) is 0.131. The third kappa shape index (κ3) is 3.46. The average Bonchev–Trinajstić information content (AvgIpc) is 3.00. The van der Waals surface area contributed by atoms with Gasteiger partial charge in [-0.2, -0.15) is 0 Å². The van der Waals surface area contributed by atoms with Crippen LogP contribution in [-0.4, -0.2) is 29.6 Å². The Bertz CT molecular complexity index is 1230. The van der Waals surface area contributed by atoms with Crippen LogP contribution in [0.25, 0.3) is 11.0 Å². The van der Waals surface area contributed by atoms with Gasteiger partial charge >= 0.3 is 0 Å². The zero-order chi connectivity index (χ0) is 22.3. The van der Waals surface area contributed by atoms with E-state index in [2.05, 4.69) is 6.92 Å². The number of methoxy groups -OCH3 is 1. The van der Waals surface area contributed by atoms with Gasteiger partial charge in [0.1, 0.15) is 5.58 Å². The molecule has 31 heavy (non-hydrogen) atoms. The van der Waals surface area contributed by atoms with Gasteiger partial charge in [-0.15, -0.1) is 0 Å². The second-order valence-corrected chi connectivity index (χ2v) is 8.17. The Balaban J connectivity index is 1.96. The number of unbranched alkanes of at least 4 members (excludes halogenated alkanes) is 2. The van der Waals surface area contributed by atoms with E-state index in [1.54, 1.807) is 23.1 Å². The second-order valence-electron chi connectivity index (χ2n) is 8.17. The maximum Gasteiger partial charge on any atom is 0.290 e. The fourth-order valence-corrected chi connectivity index (χ4v) is 4.49. The Morgan fingerprint density at radius 1 is 1.13 bits per heavy atom. The number of aryl methyl sites for hydroxylation is 2. The van der Waals surface area contributed by atoms with Gasteiger partial charge in [-0.3, -0.25) is 9.59 Å². The van der Waals surface area contributed by atoms with Gasteiger partial charge in [0, 0.05) is 6.54 Å². The van der Waals surface area contributed by atoms with Gasteiger partial charge in [-0.05, 0) is 55.2 Å². The minimum absolute atomic E-state index is 0.00481. The first-order valence-electron chi connectivity index (χ1n) is 10.6. The number of phenolic OH excluding ortho intramolecular Hbond substituents is 1. The van der Waals surface area contributed by atoms with Crippen LogP contribution in [0.2, 0.25) is 0 Å². The topological polar surface area (TPSA) is 80.0 Å². The van der Waals surface area contributed by atoms with Crippen molar-refractivity contribution in [3.63, 3.8) is 0 Å². The van der Waals surface area contributed by atoms with Crippen molar-refractivity contribution < 1.29 is 19.1 Å². The molecule has 0 radical (unpaired) electrons. The monoisotopic (exact) mass is 421 g/mol. The van der Waals surface area contributed by atoms with Crippen LogP contribution in [0.5, 0.6) is 11.5 Å². The maximum absolute atomic E-state index is 13.7. The van der Waals surface area contributed by atoms with Crippen LogP contribution in [-0.2, 0) is 0 Å². The van der Waals surface area contributed by atoms with Gasteiger partial charge in [0.25, 0.3) is 5.91 Å². The zero-order valence-corrected chi connectivity index (χ0v) is 18.3. The summed E-state index contributed by atoms with van der Waals surface area (Å²) < 4.78 is 11.3. The fourth-order valence-electron chi connectivity index (χ4n) is 4.49. The molecule has 0 fully saturated rings. The molecule has 1 amide bonds. The van der Waals surface area contributed by atoms with Gasteiger partial charge in [-0.25, -0.2) is 0 Å². The Labute approximate surface area is 181 Å². The van der Waals surface area contributed by atoms with Crippen LogP contribution in [0.1, 0.15) is 65.0 Å². The lowest BCUT2D eigenvalue weighted by molar-refractivity contribution is 0.0724. The highest BCUT2D eigenvalue weighted by Gasteiger charge is 2.42. The summed E-state index contributed by atoms with van der Waals surface area (Å²) in [7, 11) is 1.47. The molecule has 0 spiro atoms. The molecule has 3 aromatic rings. The van der Waals surface area contributed by atoms with Crippen molar-refractivity contribution in [1.29, 1.82) is 0 Å². The predicted octanol–water partition coefficient (Wildman–Crippen LogP) is 4.86. The predicted molar refractivity (Wildman–Crippen MR) is 119 cm³/mol. The van der Waals surface area contributed by atoms with E-state index in [0.29, 0.717) is 34.4 Å². The molecule has 1 aromatic heterocycles. The lowest BCUT2D eigenvalue weighted by Crippen LogP contribution is -2.30. The standard InChI is InChI=1S/C25H27NO5/c1-5-6-7-10-26-22(16-8-9-17(27)18(13-16)30-4)21-23(28)20-15(3)11-14(2)12-19(20)31-24(21)25(26)29/h8-9,11-13,22,27H,5-7,10H2,1-4H3. The Morgan fingerprint density at radius 2 is 1.90 bits per heavy atom. The van der Waals surface area contributed by atoms with E-state index in [4.69, 9.17) is 9.15 Å². The Kier molecular flexibility index (Phi) is 5.48. The summed E-state index contributed by atoms with van der Waals surface area (Å²) >= 11 is 0. The Morgan fingerprint density at radius 3 is 2.61 bits per heavy atom. The number of hydrogen-bond acceptors (Lipinski definition) is 5. The summed E-state index contributed by atoms with van der Waals surface area (Å²) in [6.07, 6.45) is 2.83. The number of carbonyl (C=O) groups excluding carboxylic acids is 1. The summed E-state index contributed by atoms with van der Waals surface area (Å²) in [5, 5.41) is 10.5. The highest BCUT2D eigenvalue weighted by Crippen LogP contribution is 2.41. The van der Waals surface area contributed by atoms with Crippen molar-refractivity contribution in [1.82, 2.24) is 4.90 Å². The van der Waals surface area contributed by atoms with E-state index in [0.717, 1.165) is 30.4 Å². The molecule has 0 bridgehead atoms. The first-order chi connectivity index (χ1) is 14.9. The number of carbonyl (C=O) groups is 1. The molecular weight excluding hydrogens is 394 g/mol. The molecule has 162 valence electrons. The number of fused-ring (bicyclic) bond motifs is 2. The van der Waals surface area contributed by atoms with E-state index in [1.807, 2.05) is 19.9 Å².